The van der Waals surface area contributed by atoms with Gasteiger partial charge in [0, 0.05) is 12.1 Å². The zero-order chi connectivity index (χ0) is 19.2. The highest BCUT2D eigenvalue weighted by molar-refractivity contribution is 7.99. The Kier molecular flexibility index (Phi) is 7.01. The molecule has 1 saturated carbocycles. The van der Waals surface area contributed by atoms with Crippen LogP contribution in [-0.2, 0) is 11.4 Å². The van der Waals surface area contributed by atoms with Gasteiger partial charge < -0.3 is 10.1 Å². The van der Waals surface area contributed by atoms with Gasteiger partial charge in [-0.15, -0.1) is 10.2 Å². The Hall–Kier alpha value is -1.73. The second-order valence-electron chi connectivity index (χ2n) is 6.76. The molecule has 1 amide bonds. The van der Waals surface area contributed by atoms with Gasteiger partial charge in [0.1, 0.15) is 12.4 Å². The van der Waals surface area contributed by atoms with E-state index in [2.05, 4.69) is 27.0 Å². The molecule has 2 aromatic rings. The number of amides is 1. The van der Waals surface area contributed by atoms with Crippen LogP contribution in [-0.4, -0.2) is 32.5 Å². The molecule has 3 rings (SSSR count). The molecule has 1 aromatic heterocycles. The third-order valence-electron chi connectivity index (χ3n) is 4.30. The fourth-order valence-electron chi connectivity index (χ4n) is 2.86. The zero-order valence-corrected chi connectivity index (χ0v) is 17.2. The summed E-state index contributed by atoms with van der Waals surface area (Å²) >= 11 is 7.57. The highest BCUT2D eigenvalue weighted by Crippen LogP contribution is 2.39. The molecule has 146 valence electrons. The molecule has 1 N–H and O–H groups in total. The fraction of sp³-hybridized carbons (Fsp3) is 0.526. The summed E-state index contributed by atoms with van der Waals surface area (Å²) in [5.41, 5.74) is 0. The molecule has 0 saturated heterocycles. The predicted octanol–water partition coefficient (Wildman–Crippen LogP) is 4.24. The Morgan fingerprint density at radius 2 is 2.19 bits per heavy atom. The van der Waals surface area contributed by atoms with Crippen molar-refractivity contribution in [3.63, 3.8) is 0 Å². The van der Waals surface area contributed by atoms with Crippen molar-refractivity contribution in [2.24, 2.45) is 0 Å². The zero-order valence-electron chi connectivity index (χ0n) is 15.7. The Morgan fingerprint density at radius 3 is 2.89 bits per heavy atom. The lowest BCUT2D eigenvalue weighted by atomic mass is 10.2. The van der Waals surface area contributed by atoms with Crippen molar-refractivity contribution >= 4 is 29.3 Å². The van der Waals surface area contributed by atoms with E-state index in [0.717, 1.165) is 36.7 Å². The van der Waals surface area contributed by atoms with E-state index < -0.39 is 0 Å². The minimum absolute atomic E-state index is 0.0279. The van der Waals surface area contributed by atoms with Gasteiger partial charge in [-0.25, -0.2) is 0 Å². The molecule has 0 spiro atoms. The van der Waals surface area contributed by atoms with Crippen LogP contribution in [0.5, 0.6) is 5.75 Å². The summed E-state index contributed by atoms with van der Waals surface area (Å²) in [6.45, 7) is 4.44. The van der Waals surface area contributed by atoms with Crippen LogP contribution in [0.3, 0.4) is 0 Å². The number of thioether (sulfide) groups is 1. The van der Waals surface area contributed by atoms with Crippen LogP contribution < -0.4 is 10.1 Å². The topological polar surface area (TPSA) is 69.0 Å². The normalized spacial score (nSPS) is 14.8. The third kappa shape index (κ3) is 5.62. The summed E-state index contributed by atoms with van der Waals surface area (Å²) in [5.74, 6) is 1.76. The quantitative estimate of drug-likeness (QED) is 0.595. The number of aromatic nitrogens is 3. The van der Waals surface area contributed by atoms with Crippen LogP contribution in [0, 0.1) is 0 Å². The van der Waals surface area contributed by atoms with Crippen LogP contribution >= 0.6 is 23.4 Å². The minimum atomic E-state index is 0.0279. The van der Waals surface area contributed by atoms with E-state index in [1.165, 1.54) is 11.8 Å². The molecule has 1 aliphatic carbocycles. The molecule has 1 aromatic carbocycles. The molecule has 0 bridgehead atoms. The molecule has 1 heterocycles. The van der Waals surface area contributed by atoms with Gasteiger partial charge in [0.15, 0.2) is 11.0 Å². The van der Waals surface area contributed by atoms with Gasteiger partial charge in [-0.3, -0.25) is 9.36 Å². The number of hydrogen-bond donors (Lipinski definition) is 1. The largest absolute Gasteiger partial charge is 0.484 e. The van der Waals surface area contributed by atoms with Crippen molar-refractivity contribution in [3.05, 3.63) is 35.1 Å². The highest BCUT2D eigenvalue weighted by Gasteiger charge is 2.30. The average molecular weight is 409 g/mol. The molecule has 1 fully saturated rings. The summed E-state index contributed by atoms with van der Waals surface area (Å²) in [5, 5.41) is 12.9. The van der Waals surface area contributed by atoms with Gasteiger partial charge in [-0.05, 0) is 38.3 Å². The standard InChI is InChI=1S/C19H25ClN4O2S/c1-3-6-13(2)21-18(25)12-27-19-23-22-17(24(19)14-9-10-14)11-26-16-8-5-4-7-15(16)20/h4-5,7-8,13-14H,3,6,9-12H2,1-2H3,(H,21,25)/t13-/m0/s1. The SMILES string of the molecule is CCC[C@H](C)NC(=O)CSc1nnc(COc2ccccc2Cl)n1C1CC1. The number of nitrogens with zero attached hydrogens (tertiary/aromatic N) is 3. The van der Waals surface area contributed by atoms with E-state index in [4.69, 9.17) is 16.3 Å². The number of carbonyl (C=O) groups is 1. The molecule has 8 heteroatoms. The molecule has 27 heavy (non-hydrogen) atoms. The average Bonchev–Trinajstić information content (AvgIpc) is 3.40. The molecule has 0 radical (unpaired) electrons. The Labute approximate surface area is 169 Å². The second-order valence-corrected chi connectivity index (χ2v) is 8.11. The maximum absolute atomic E-state index is 12.1. The van der Waals surface area contributed by atoms with Crippen molar-refractivity contribution in [2.75, 3.05) is 5.75 Å². The van der Waals surface area contributed by atoms with E-state index in [1.807, 2.05) is 25.1 Å². The monoisotopic (exact) mass is 408 g/mol. The number of nitrogens with one attached hydrogen (secondary N) is 1. The summed E-state index contributed by atoms with van der Waals surface area (Å²) in [6.07, 6.45) is 4.24. The van der Waals surface area contributed by atoms with Crippen molar-refractivity contribution in [2.45, 2.75) is 63.4 Å². The fourth-order valence-corrected chi connectivity index (χ4v) is 3.89. The van der Waals surface area contributed by atoms with E-state index in [9.17, 15) is 4.79 Å². The number of benzene rings is 1. The number of ether oxygens (including phenoxy) is 1. The first-order valence-corrected chi connectivity index (χ1v) is 10.7. The Balaban J connectivity index is 1.60. The molecular formula is C19H25ClN4O2S. The van der Waals surface area contributed by atoms with E-state index in [0.29, 0.717) is 29.2 Å². The lowest BCUT2D eigenvalue weighted by Gasteiger charge is -2.13. The number of rotatable bonds is 10. The second kappa shape index (κ2) is 9.46. The van der Waals surface area contributed by atoms with Gasteiger partial charge in [0.25, 0.3) is 0 Å². The van der Waals surface area contributed by atoms with Crippen molar-refractivity contribution in [1.29, 1.82) is 0 Å². The third-order valence-corrected chi connectivity index (χ3v) is 5.56. The summed E-state index contributed by atoms with van der Waals surface area (Å²) < 4.78 is 7.92. The van der Waals surface area contributed by atoms with Crippen molar-refractivity contribution in [1.82, 2.24) is 20.1 Å². The van der Waals surface area contributed by atoms with Crippen molar-refractivity contribution in [3.8, 4) is 5.75 Å². The van der Waals surface area contributed by atoms with Gasteiger partial charge in [-0.2, -0.15) is 0 Å². The summed E-state index contributed by atoms with van der Waals surface area (Å²) in [4.78, 5) is 12.1. The molecule has 0 unspecified atom stereocenters. The van der Waals surface area contributed by atoms with Gasteiger partial charge in [-0.1, -0.05) is 48.8 Å². The first kappa shape index (κ1) is 20.0. The number of carbonyl (C=O) groups excluding carboxylic acids is 1. The lowest BCUT2D eigenvalue weighted by molar-refractivity contribution is -0.119. The van der Waals surface area contributed by atoms with Gasteiger partial charge >= 0.3 is 0 Å². The van der Waals surface area contributed by atoms with Crippen LogP contribution in [0.2, 0.25) is 5.02 Å². The smallest absolute Gasteiger partial charge is 0.230 e. The summed E-state index contributed by atoms with van der Waals surface area (Å²) in [6, 6.07) is 7.97. The maximum atomic E-state index is 12.1. The van der Waals surface area contributed by atoms with E-state index in [1.54, 1.807) is 6.07 Å². The Morgan fingerprint density at radius 1 is 1.41 bits per heavy atom. The lowest BCUT2D eigenvalue weighted by Crippen LogP contribution is -2.33. The van der Waals surface area contributed by atoms with Crippen LogP contribution in [0.15, 0.2) is 29.4 Å². The van der Waals surface area contributed by atoms with Crippen molar-refractivity contribution < 1.29 is 9.53 Å². The minimum Gasteiger partial charge on any atom is -0.484 e. The summed E-state index contributed by atoms with van der Waals surface area (Å²) in [7, 11) is 0. The predicted molar refractivity (Wildman–Crippen MR) is 107 cm³/mol. The van der Waals surface area contributed by atoms with Crippen LogP contribution in [0.25, 0.3) is 0 Å². The molecule has 1 aliphatic rings. The number of para-hydroxylation sites is 1. The van der Waals surface area contributed by atoms with Gasteiger partial charge in [0.05, 0.1) is 10.8 Å². The molecule has 1 atom stereocenters. The van der Waals surface area contributed by atoms with Gasteiger partial charge in [0.2, 0.25) is 5.91 Å². The van der Waals surface area contributed by atoms with Crippen LogP contribution in [0.4, 0.5) is 0 Å². The maximum Gasteiger partial charge on any atom is 0.230 e. The molecular weight excluding hydrogens is 384 g/mol. The molecule has 0 aliphatic heterocycles. The van der Waals surface area contributed by atoms with E-state index >= 15 is 0 Å². The number of hydrogen-bond acceptors (Lipinski definition) is 5. The molecule has 6 nitrogen and oxygen atoms in total. The van der Waals surface area contributed by atoms with E-state index in [-0.39, 0.29) is 11.9 Å². The first-order valence-electron chi connectivity index (χ1n) is 9.31. The Bertz CT molecular complexity index is 779. The first-order chi connectivity index (χ1) is 13.1. The van der Waals surface area contributed by atoms with Crippen LogP contribution in [0.1, 0.15) is 51.4 Å². The number of halogens is 1. The highest BCUT2D eigenvalue weighted by atomic mass is 35.5.